The van der Waals surface area contributed by atoms with Crippen molar-refractivity contribution >= 4 is 18.4 Å². The lowest BCUT2D eigenvalue weighted by Crippen LogP contribution is -2.35. The lowest BCUT2D eigenvalue weighted by molar-refractivity contribution is -0.136. The van der Waals surface area contributed by atoms with Gasteiger partial charge in [0.2, 0.25) is 0 Å². The van der Waals surface area contributed by atoms with Gasteiger partial charge in [0, 0.05) is 12.6 Å². The van der Waals surface area contributed by atoms with Crippen LogP contribution >= 0.6 is 12.4 Å². The lowest BCUT2D eigenvalue weighted by Gasteiger charge is -2.15. The van der Waals surface area contributed by atoms with Crippen LogP contribution in [-0.4, -0.2) is 41.5 Å². The number of benzene rings is 1. The Morgan fingerprint density at radius 3 is 2.40 bits per heavy atom. The fourth-order valence-corrected chi connectivity index (χ4v) is 1.50. The first-order valence-corrected chi connectivity index (χ1v) is 6.32. The third-order valence-corrected chi connectivity index (χ3v) is 2.48. The number of ether oxygens (including phenoxy) is 1. The molecule has 0 aliphatic heterocycles. The van der Waals surface area contributed by atoms with Gasteiger partial charge < -0.3 is 20.3 Å². The minimum Gasteiger partial charge on any atom is -0.491 e. The summed E-state index contributed by atoms with van der Waals surface area (Å²) in [6, 6.07) is 7.16. The number of carbonyl (C=O) groups is 1. The average molecular weight is 304 g/mol. The van der Waals surface area contributed by atoms with Gasteiger partial charge in [-0.25, -0.2) is 0 Å². The smallest absolute Gasteiger partial charge is 0.307 e. The Hall–Kier alpha value is -1.30. The van der Waals surface area contributed by atoms with Crippen molar-refractivity contribution in [3.63, 3.8) is 0 Å². The Bertz CT molecular complexity index is 395. The maximum atomic E-state index is 10.5. The lowest BCUT2D eigenvalue weighted by atomic mass is 10.1. The van der Waals surface area contributed by atoms with Gasteiger partial charge >= 0.3 is 5.97 Å². The van der Waals surface area contributed by atoms with Gasteiger partial charge in [0.1, 0.15) is 18.5 Å². The summed E-state index contributed by atoms with van der Waals surface area (Å²) >= 11 is 0. The molecule has 0 fully saturated rings. The first kappa shape index (κ1) is 18.7. The van der Waals surface area contributed by atoms with Gasteiger partial charge in [-0.05, 0) is 17.7 Å². The van der Waals surface area contributed by atoms with Crippen molar-refractivity contribution < 1.29 is 19.7 Å². The highest BCUT2D eigenvalue weighted by atomic mass is 35.5. The van der Waals surface area contributed by atoms with E-state index in [9.17, 15) is 9.90 Å². The van der Waals surface area contributed by atoms with Crippen LogP contribution in [0.25, 0.3) is 0 Å². The number of nitrogens with one attached hydrogen (secondary N) is 1. The SMILES string of the molecule is CC(C)NCC(O)COc1ccc(CC(=O)O)cc1.Cl. The molecule has 114 valence electrons. The number of rotatable bonds is 8. The molecule has 3 N–H and O–H groups in total. The number of aliphatic hydroxyl groups excluding tert-OH is 1. The predicted octanol–water partition coefficient (Wildman–Crippen LogP) is 1.47. The molecule has 1 atom stereocenters. The molecule has 0 bridgehead atoms. The van der Waals surface area contributed by atoms with Gasteiger partial charge in [0.25, 0.3) is 0 Å². The number of halogens is 1. The van der Waals surface area contributed by atoms with E-state index in [0.29, 0.717) is 18.3 Å². The molecule has 5 nitrogen and oxygen atoms in total. The van der Waals surface area contributed by atoms with Crippen LogP contribution in [0.4, 0.5) is 0 Å². The van der Waals surface area contributed by atoms with E-state index in [2.05, 4.69) is 5.32 Å². The molecule has 0 saturated carbocycles. The van der Waals surface area contributed by atoms with Crippen LogP contribution in [0.5, 0.6) is 5.75 Å². The minimum atomic E-state index is -0.858. The Morgan fingerprint density at radius 1 is 1.30 bits per heavy atom. The normalized spacial score (nSPS) is 11.8. The van der Waals surface area contributed by atoms with Crippen molar-refractivity contribution in [2.75, 3.05) is 13.2 Å². The molecular formula is C14H22ClNO4. The summed E-state index contributed by atoms with van der Waals surface area (Å²) in [4.78, 5) is 10.5. The molecule has 0 aliphatic carbocycles. The van der Waals surface area contributed by atoms with Gasteiger partial charge in [-0.1, -0.05) is 26.0 Å². The maximum Gasteiger partial charge on any atom is 0.307 e. The van der Waals surface area contributed by atoms with E-state index in [1.54, 1.807) is 24.3 Å². The highest BCUT2D eigenvalue weighted by Crippen LogP contribution is 2.12. The van der Waals surface area contributed by atoms with Crippen molar-refractivity contribution in [1.29, 1.82) is 0 Å². The van der Waals surface area contributed by atoms with Crippen molar-refractivity contribution in [3.05, 3.63) is 29.8 Å². The van der Waals surface area contributed by atoms with Crippen LogP contribution < -0.4 is 10.1 Å². The number of aliphatic carboxylic acids is 1. The van der Waals surface area contributed by atoms with Crippen molar-refractivity contribution in [3.8, 4) is 5.75 Å². The van der Waals surface area contributed by atoms with Crippen molar-refractivity contribution in [2.45, 2.75) is 32.4 Å². The zero-order valence-electron chi connectivity index (χ0n) is 11.7. The third kappa shape index (κ3) is 7.99. The van der Waals surface area contributed by atoms with E-state index in [4.69, 9.17) is 9.84 Å². The summed E-state index contributed by atoms with van der Waals surface area (Å²) in [7, 11) is 0. The van der Waals surface area contributed by atoms with Gasteiger partial charge in [-0.2, -0.15) is 0 Å². The molecule has 0 amide bonds. The van der Waals surface area contributed by atoms with E-state index < -0.39 is 12.1 Å². The highest BCUT2D eigenvalue weighted by Gasteiger charge is 2.06. The first-order chi connectivity index (χ1) is 8.97. The molecule has 0 radical (unpaired) electrons. The maximum absolute atomic E-state index is 10.5. The van der Waals surface area contributed by atoms with Crippen LogP contribution in [0, 0.1) is 0 Å². The summed E-state index contributed by atoms with van der Waals surface area (Å²) in [6.45, 7) is 4.70. The Morgan fingerprint density at radius 2 is 1.90 bits per heavy atom. The van der Waals surface area contributed by atoms with E-state index in [1.165, 1.54) is 0 Å². The molecule has 0 heterocycles. The molecule has 0 saturated heterocycles. The van der Waals surface area contributed by atoms with E-state index >= 15 is 0 Å². The van der Waals surface area contributed by atoms with Crippen LogP contribution in [0.2, 0.25) is 0 Å². The van der Waals surface area contributed by atoms with E-state index in [-0.39, 0.29) is 25.4 Å². The second kappa shape index (κ2) is 9.58. The molecule has 1 unspecified atom stereocenters. The topological polar surface area (TPSA) is 78.8 Å². The number of carboxylic acid groups (broad SMARTS) is 1. The Labute approximate surface area is 125 Å². The molecule has 0 spiro atoms. The molecular weight excluding hydrogens is 282 g/mol. The van der Waals surface area contributed by atoms with E-state index in [0.717, 1.165) is 5.56 Å². The molecule has 1 aromatic rings. The van der Waals surface area contributed by atoms with E-state index in [1.807, 2.05) is 13.8 Å². The predicted molar refractivity (Wildman–Crippen MR) is 79.7 cm³/mol. The summed E-state index contributed by atoms with van der Waals surface area (Å²) in [5.41, 5.74) is 0.724. The molecule has 0 aliphatic rings. The van der Waals surface area contributed by atoms with Gasteiger partial charge in [-0.3, -0.25) is 4.79 Å². The molecule has 0 aromatic heterocycles. The Balaban J connectivity index is 0.00000361. The van der Waals surface area contributed by atoms with Crippen molar-refractivity contribution in [2.24, 2.45) is 0 Å². The first-order valence-electron chi connectivity index (χ1n) is 6.32. The number of hydrogen-bond donors (Lipinski definition) is 3. The van der Waals surface area contributed by atoms with Crippen LogP contribution in [0.1, 0.15) is 19.4 Å². The summed E-state index contributed by atoms with van der Waals surface area (Å²) in [5, 5.41) is 21.4. The standard InChI is InChI=1S/C14H21NO4.ClH/c1-10(2)15-8-12(16)9-19-13-5-3-11(4-6-13)7-14(17)18;/h3-6,10,12,15-16H,7-9H2,1-2H3,(H,17,18);1H. The van der Waals surface area contributed by atoms with Gasteiger partial charge in [-0.15, -0.1) is 12.4 Å². The monoisotopic (exact) mass is 303 g/mol. The van der Waals surface area contributed by atoms with Crippen LogP contribution in [0.15, 0.2) is 24.3 Å². The molecule has 6 heteroatoms. The van der Waals surface area contributed by atoms with Crippen LogP contribution in [-0.2, 0) is 11.2 Å². The molecule has 1 rings (SSSR count). The van der Waals surface area contributed by atoms with Crippen LogP contribution in [0.3, 0.4) is 0 Å². The molecule has 1 aromatic carbocycles. The fourth-order valence-electron chi connectivity index (χ4n) is 1.50. The number of carboxylic acids is 1. The second-order valence-corrected chi connectivity index (χ2v) is 4.74. The number of hydrogen-bond acceptors (Lipinski definition) is 4. The average Bonchev–Trinajstić information content (AvgIpc) is 2.35. The molecule has 20 heavy (non-hydrogen) atoms. The quantitative estimate of drug-likeness (QED) is 0.678. The summed E-state index contributed by atoms with van der Waals surface area (Å²) in [5.74, 6) is -0.235. The number of aliphatic hydroxyl groups is 1. The zero-order valence-corrected chi connectivity index (χ0v) is 12.5. The third-order valence-electron chi connectivity index (χ3n) is 2.48. The highest BCUT2D eigenvalue weighted by molar-refractivity contribution is 5.85. The zero-order chi connectivity index (χ0) is 14.3. The van der Waals surface area contributed by atoms with Crippen molar-refractivity contribution in [1.82, 2.24) is 5.32 Å². The fraction of sp³-hybridized carbons (Fsp3) is 0.500. The summed E-state index contributed by atoms with van der Waals surface area (Å²) in [6.07, 6.45) is -0.567. The Kier molecular flexibility index (Phi) is 8.96. The van der Waals surface area contributed by atoms with Gasteiger partial charge in [0.05, 0.1) is 6.42 Å². The largest absolute Gasteiger partial charge is 0.491 e. The second-order valence-electron chi connectivity index (χ2n) is 4.74. The minimum absolute atomic E-state index is 0. The summed E-state index contributed by atoms with van der Waals surface area (Å²) < 4.78 is 5.42. The van der Waals surface area contributed by atoms with Gasteiger partial charge in [0.15, 0.2) is 0 Å².